The molecule has 0 radical (unpaired) electrons. The van der Waals surface area contributed by atoms with Crippen LogP contribution in [-0.4, -0.2) is 30.5 Å². The number of carbonyl (C=O) groups excluding carboxylic acids is 1. The molecule has 6 nitrogen and oxygen atoms in total. The number of hydrogen-bond acceptors (Lipinski definition) is 5. The van der Waals surface area contributed by atoms with Crippen LogP contribution in [0.1, 0.15) is 30.4 Å². The first-order chi connectivity index (χ1) is 13.5. The number of ether oxygens (including phenoxy) is 1. The van der Waals surface area contributed by atoms with E-state index >= 15 is 0 Å². The van der Waals surface area contributed by atoms with E-state index in [9.17, 15) is 9.59 Å². The highest BCUT2D eigenvalue weighted by atomic mass is 16.5. The molecule has 0 bridgehead atoms. The number of rotatable bonds is 4. The van der Waals surface area contributed by atoms with Crippen LogP contribution in [0.15, 0.2) is 44.2 Å². The van der Waals surface area contributed by atoms with Gasteiger partial charge >= 0.3 is 0 Å². The minimum atomic E-state index is -0.304. The molecule has 0 saturated carbocycles. The number of carbonyl (C=O) groups is 1. The number of nitrogens with zero attached hydrogens (tertiary/aromatic N) is 1. The lowest BCUT2D eigenvalue weighted by Crippen LogP contribution is -2.39. The third kappa shape index (κ3) is 3.42. The van der Waals surface area contributed by atoms with Crippen molar-refractivity contribution in [1.82, 2.24) is 4.90 Å². The average molecular weight is 381 g/mol. The van der Waals surface area contributed by atoms with Gasteiger partial charge in [0.2, 0.25) is 16.9 Å². The Kier molecular flexibility index (Phi) is 4.94. The van der Waals surface area contributed by atoms with E-state index in [-0.39, 0.29) is 29.5 Å². The highest BCUT2D eigenvalue weighted by Gasteiger charge is 2.23. The zero-order chi connectivity index (χ0) is 19.7. The van der Waals surface area contributed by atoms with Gasteiger partial charge in [0, 0.05) is 13.1 Å². The van der Waals surface area contributed by atoms with Crippen molar-refractivity contribution in [3.05, 3.63) is 51.9 Å². The third-order valence-corrected chi connectivity index (χ3v) is 5.26. The molecule has 1 amide bonds. The van der Waals surface area contributed by atoms with Crippen molar-refractivity contribution in [2.24, 2.45) is 0 Å². The monoisotopic (exact) mass is 381 g/mol. The van der Waals surface area contributed by atoms with Gasteiger partial charge in [0.25, 0.3) is 5.91 Å². The number of fused-ring (bicyclic) bond motifs is 1. The number of amides is 1. The fraction of sp³-hybridized carbons (Fsp3) is 0.364. The van der Waals surface area contributed by atoms with E-state index in [0.717, 1.165) is 43.5 Å². The van der Waals surface area contributed by atoms with E-state index in [1.807, 2.05) is 19.9 Å². The molecule has 28 heavy (non-hydrogen) atoms. The SMILES string of the molecule is Cc1cc2oc(-c3ccco3)c(OCC(=O)N3CCCCC3)c(=O)c2cc1C. The van der Waals surface area contributed by atoms with E-state index in [1.165, 1.54) is 6.26 Å². The Bertz CT molecular complexity index is 1060. The summed E-state index contributed by atoms with van der Waals surface area (Å²) < 4.78 is 17.1. The van der Waals surface area contributed by atoms with Crippen LogP contribution in [0.2, 0.25) is 0 Å². The summed E-state index contributed by atoms with van der Waals surface area (Å²) in [4.78, 5) is 27.4. The van der Waals surface area contributed by atoms with Crippen molar-refractivity contribution in [3.8, 4) is 17.3 Å². The largest absolute Gasteiger partial charge is 0.476 e. The summed E-state index contributed by atoms with van der Waals surface area (Å²) in [6, 6.07) is 7.04. The predicted molar refractivity (Wildman–Crippen MR) is 106 cm³/mol. The number of piperidine rings is 1. The van der Waals surface area contributed by atoms with Crippen LogP contribution in [0, 0.1) is 13.8 Å². The van der Waals surface area contributed by atoms with Crippen LogP contribution in [0.3, 0.4) is 0 Å². The van der Waals surface area contributed by atoms with Crippen LogP contribution >= 0.6 is 0 Å². The molecule has 0 unspecified atom stereocenters. The molecule has 1 aromatic carbocycles. The standard InChI is InChI=1S/C22H23NO5/c1-14-11-16-18(12-15(14)2)28-21(17-7-6-10-26-17)22(20(16)25)27-13-19(24)23-8-4-3-5-9-23/h6-7,10-12H,3-5,8-9,13H2,1-2H3. The van der Waals surface area contributed by atoms with Gasteiger partial charge in [-0.25, -0.2) is 0 Å². The molecule has 1 fully saturated rings. The topological polar surface area (TPSA) is 72.9 Å². The molecule has 3 heterocycles. The quantitative estimate of drug-likeness (QED) is 0.681. The summed E-state index contributed by atoms with van der Waals surface area (Å²) in [6.45, 7) is 5.17. The first-order valence-corrected chi connectivity index (χ1v) is 9.57. The summed E-state index contributed by atoms with van der Waals surface area (Å²) in [6.07, 6.45) is 4.64. The fourth-order valence-electron chi connectivity index (χ4n) is 3.50. The van der Waals surface area contributed by atoms with Gasteiger partial charge in [-0.05, 0) is 68.5 Å². The molecule has 146 valence electrons. The Morgan fingerprint density at radius 2 is 1.89 bits per heavy atom. The summed E-state index contributed by atoms with van der Waals surface area (Å²) in [5.74, 6) is 0.482. The first-order valence-electron chi connectivity index (χ1n) is 9.57. The molecular weight excluding hydrogens is 358 g/mol. The molecule has 3 aromatic rings. The minimum absolute atomic E-state index is 0.0102. The minimum Gasteiger partial charge on any atom is -0.476 e. The smallest absolute Gasteiger partial charge is 0.260 e. The Labute approximate surface area is 162 Å². The number of benzene rings is 1. The summed E-state index contributed by atoms with van der Waals surface area (Å²) in [5.41, 5.74) is 2.17. The van der Waals surface area contributed by atoms with E-state index in [2.05, 4.69) is 0 Å². The van der Waals surface area contributed by atoms with E-state index in [0.29, 0.717) is 16.7 Å². The summed E-state index contributed by atoms with van der Waals surface area (Å²) in [5, 5.41) is 0.429. The fourth-order valence-corrected chi connectivity index (χ4v) is 3.50. The highest BCUT2D eigenvalue weighted by Crippen LogP contribution is 2.32. The number of hydrogen-bond donors (Lipinski definition) is 0. The Balaban J connectivity index is 1.73. The third-order valence-electron chi connectivity index (χ3n) is 5.26. The van der Waals surface area contributed by atoms with Gasteiger partial charge in [-0.3, -0.25) is 9.59 Å². The maximum atomic E-state index is 13.1. The molecule has 4 rings (SSSR count). The van der Waals surface area contributed by atoms with Crippen molar-refractivity contribution in [1.29, 1.82) is 0 Å². The molecule has 0 aliphatic carbocycles. The lowest BCUT2D eigenvalue weighted by molar-refractivity contribution is -0.134. The normalized spacial score (nSPS) is 14.4. The van der Waals surface area contributed by atoms with Gasteiger partial charge in [-0.1, -0.05) is 0 Å². The molecule has 1 aliphatic heterocycles. The zero-order valence-electron chi connectivity index (χ0n) is 16.1. The van der Waals surface area contributed by atoms with Crippen LogP contribution < -0.4 is 10.2 Å². The Morgan fingerprint density at radius 3 is 2.61 bits per heavy atom. The number of furan rings is 1. The van der Waals surface area contributed by atoms with Crippen LogP contribution in [0.4, 0.5) is 0 Å². The van der Waals surface area contributed by atoms with Gasteiger partial charge in [0.05, 0.1) is 11.6 Å². The molecule has 6 heteroatoms. The molecule has 1 aliphatic rings. The lowest BCUT2D eigenvalue weighted by Gasteiger charge is -2.26. The first kappa shape index (κ1) is 18.3. The molecule has 1 saturated heterocycles. The molecule has 0 N–H and O–H groups in total. The van der Waals surface area contributed by atoms with Crippen LogP contribution in [0.5, 0.6) is 5.75 Å². The zero-order valence-corrected chi connectivity index (χ0v) is 16.1. The van der Waals surface area contributed by atoms with Crippen molar-refractivity contribution in [2.45, 2.75) is 33.1 Å². The van der Waals surface area contributed by atoms with Crippen molar-refractivity contribution < 1.29 is 18.4 Å². The molecule has 2 aromatic heterocycles. The molecule has 0 atom stereocenters. The van der Waals surface area contributed by atoms with Gasteiger partial charge in [0.1, 0.15) is 5.58 Å². The second-order valence-electron chi connectivity index (χ2n) is 7.23. The summed E-state index contributed by atoms with van der Waals surface area (Å²) in [7, 11) is 0. The van der Waals surface area contributed by atoms with E-state index in [4.69, 9.17) is 13.6 Å². The second-order valence-corrected chi connectivity index (χ2v) is 7.23. The van der Waals surface area contributed by atoms with Crippen LogP contribution in [-0.2, 0) is 4.79 Å². The van der Waals surface area contributed by atoms with Crippen molar-refractivity contribution in [2.75, 3.05) is 19.7 Å². The highest BCUT2D eigenvalue weighted by molar-refractivity contribution is 5.83. The lowest BCUT2D eigenvalue weighted by atomic mass is 10.1. The van der Waals surface area contributed by atoms with Crippen molar-refractivity contribution in [3.63, 3.8) is 0 Å². The van der Waals surface area contributed by atoms with Crippen LogP contribution in [0.25, 0.3) is 22.5 Å². The van der Waals surface area contributed by atoms with Crippen molar-refractivity contribution >= 4 is 16.9 Å². The van der Waals surface area contributed by atoms with E-state index < -0.39 is 0 Å². The van der Waals surface area contributed by atoms with Gasteiger partial charge in [0.15, 0.2) is 12.4 Å². The molecule has 0 spiro atoms. The van der Waals surface area contributed by atoms with Gasteiger partial charge in [-0.2, -0.15) is 0 Å². The van der Waals surface area contributed by atoms with Gasteiger partial charge in [-0.15, -0.1) is 0 Å². The predicted octanol–water partition coefficient (Wildman–Crippen LogP) is 4.06. The average Bonchev–Trinajstić information content (AvgIpc) is 3.24. The number of aryl methyl sites for hydroxylation is 2. The second kappa shape index (κ2) is 7.54. The van der Waals surface area contributed by atoms with Gasteiger partial charge < -0.3 is 18.5 Å². The molecular formula is C22H23NO5. The Hall–Kier alpha value is -3.02. The van der Waals surface area contributed by atoms with E-state index in [1.54, 1.807) is 23.1 Å². The number of likely N-dealkylation sites (tertiary alicyclic amines) is 1. The Morgan fingerprint density at radius 1 is 1.14 bits per heavy atom. The maximum Gasteiger partial charge on any atom is 0.260 e. The summed E-state index contributed by atoms with van der Waals surface area (Å²) >= 11 is 0. The maximum absolute atomic E-state index is 13.1.